The van der Waals surface area contributed by atoms with E-state index in [1.165, 1.54) is 26.4 Å². The summed E-state index contributed by atoms with van der Waals surface area (Å²) in [7, 11) is 3.03. The smallest absolute Gasteiger partial charge is 0.324 e. The number of hydrogen-bond acceptors (Lipinski definition) is 6. The van der Waals surface area contributed by atoms with E-state index in [4.69, 9.17) is 14.6 Å². The van der Waals surface area contributed by atoms with Crippen molar-refractivity contribution in [3.8, 4) is 22.9 Å². The molecule has 202 valence electrons. The summed E-state index contributed by atoms with van der Waals surface area (Å²) < 4.78 is 13.1. The Hall–Kier alpha value is -4.86. The summed E-state index contributed by atoms with van der Waals surface area (Å²) in [5.41, 5.74) is 3.23. The molecule has 10 heteroatoms. The Morgan fingerprint density at radius 1 is 0.949 bits per heavy atom. The first kappa shape index (κ1) is 27.2. The summed E-state index contributed by atoms with van der Waals surface area (Å²) in [4.78, 5) is 29.0. The van der Waals surface area contributed by atoms with Crippen molar-refractivity contribution in [2.24, 2.45) is 0 Å². The highest BCUT2D eigenvalue weighted by Gasteiger charge is 2.22. The van der Waals surface area contributed by atoms with E-state index in [1.807, 2.05) is 37.3 Å². The Morgan fingerprint density at radius 2 is 1.72 bits per heavy atom. The summed E-state index contributed by atoms with van der Waals surface area (Å²) in [5.74, 6) is 1.50. The zero-order chi connectivity index (χ0) is 28.2. The largest absolute Gasteiger partial charge is 0.494 e. The first-order chi connectivity index (χ1) is 18.6. The van der Waals surface area contributed by atoms with Crippen molar-refractivity contribution in [2.45, 2.75) is 33.1 Å². The second-order valence-corrected chi connectivity index (χ2v) is 9.91. The summed E-state index contributed by atoms with van der Waals surface area (Å²) >= 11 is 0. The van der Waals surface area contributed by atoms with Crippen molar-refractivity contribution in [1.29, 1.82) is 0 Å². The van der Waals surface area contributed by atoms with Crippen molar-refractivity contribution in [2.75, 3.05) is 24.8 Å². The molecular formula is C29H32N6O4. The number of ether oxygens (including phenoxy) is 2. The first-order valence-corrected chi connectivity index (χ1v) is 12.4. The molecule has 39 heavy (non-hydrogen) atoms. The van der Waals surface area contributed by atoms with Gasteiger partial charge in [-0.25, -0.2) is 9.48 Å². The molecule has 0 saturated heterocycles. The number of rotatable bonds is 7. The second-order valence-electron chi connectivity index (χ2n) is 9.91. The number of methoxy groups -OCH3 is 1. The zero-order valence-corrected chi connectivity index (χ0v) is 22.8. The maximum atomic E-state index is 13.1. The highest BCUT2D eigenvalue weighted by atomic mass is 16.5. The maximum Gasteiger partial charge on any atom is 0.324 e. The fourth-order valence-electron chi connectivity index (χ4n) is 3.76. The van der Waals surface area contributed by atoms with Crippen LogP contribution in [-0.4, -0.2) is 40.9 Å². The normalized spacial score (nSPS) is 11.0. The molecule has 2 heterocycles. The van der Waals surface area contributed by atoms with Gasteiger partial charge in [-0.05, 0) is 42.8 Å². The molecule has 0 bridgehead atoms. The van der Waals surface area contributed by atoms with Gasteiger partial charge in [-0.3, -0.25) is 15.1 Å². The maximum absolute atomic E-state index is 13.1. The predicted octanol–water partition coefficient (Wildman–Crippen LogP) is 5.68. The molecule has 10 nitrogen and oxygen atoms in total. The zero-order valence-electron chi connectivity index (χ0n) is 22.8. The number of urea groups is 1. The van der Waals surface area contributed by atoms with Crippen LogP contribution in [0.25, 0.3) is 5.69 Å². The summed E-state index contributed by atoms with van der Waals surface area (Å²) in [5, 5.41) is 13.0. The molecule has 3 N–H and O–H groups in total. The molecule has 0 atom stereocenters. The predicted molar refractivity (Wildman–Crippen MR) is 150 cm³/mol. The lowest BCUT2D eigenvalue weighted by Crippen LogP contribution is -2.21. The van der Waals surface area contributed by atoms with Crippen LogP contribution in [0.5, 0.6) is 17.2 Å². The molecule has 0 aliphatic heterocycles. The number of carbonyl (C=O) groups excluding carboxylic acids is 2. The van der Waals surface area contributed by atoms with Crippen molar-refractivity contribution in [3.63, 3.8) is 0 Å². The number of pyridine rings is 1. The summed E-state index contributed by atoms with van der Waals surface area (Å²) in [6, 6.07) is 17.5. The molecule has 0 saturated carbocycles. The standard InChI is InChI=1S/C29H32N6O4/c1-18-8-7-9-19(14-18)35-26(17-25(34-35)29(2,3)4)33-28(37)32-22-11-10-20(16-24(22)38-6)39-21-12-13-31-23(15-21)27(36)30-5/h7-17H,1-6H3,(H,30,36)(H2,32,33,37). The van der Waals surface area contributed by atoms with Gasteiger partial charge in [0.1, 0.15) is 28.8 Å². The SMILES string of the molecule is CNC(=O)c1cc(Oc2ccc(NC(=O)Nc3cc(C(C)(C)C)nn3-c3cccc(C)c3)c(OC)c2)ccn1. The average Bonchev–Trinajstić information content (AvgIpc) is 3.33. The Kier molecular flexibility index (Phi) is 7.85. The fraction of sp³-hybridized carbons (Fsp3) is 0.241. The Bertz CT molecular complexity index is 1510. The van der Waals surface area contributed by atoms with E-state index in [2.05, 4.69) is 41.7 Å². The van der Waals surface area contributed by atoms with E-state index in [0.29, 0.717) is 28.8 Å². The highest BCUT2D eigenvalue weighted by molar-refractivity contribution is 6.00. The van der Waals surface area contributed by atoms with Crippen LogP contribution in [0.1, 0.15) is 42.5 Å². The van der Waals surface area contributed by atoms with Crippen LogP contribution in [0.4, 0.5) is 16.3 Å². The third-order valence-corrected chi connectivity index (χ3v) is 5.81. The topological polar surface area (TPSA) is 119 Å². The fourth-order valence-corrected chi connectivity index (χ4v) is 3.76. The number of amides is 3. The molecule has 2 aromatic carbocycles. The average molecular weight is 529 g/mol. The number of nitrogens with one attached hydrogen (secondary N) is 3. The molecule has 4 rings (SSSR count). The first-order valence-electron chi connectivity index (χ1n) is 12.4. The van der Waals surface area contributed by atoms with Crippen molar-refractivity contribution in [3.05, 3.63) is 83.8 Å². The van der Waals surface area contributed by atoms with Gasteiger partial charge < -0.3 is 20.1 Å². The number of hydrogen-bond donors (Lipinski definition) is 3. The van der Waals surface area contributed by atoms with Gasteiger partial charge in [-0.15, -0.1) is 0 Å². The van der Waals surface area contributed by atoms with E-state index in [9.17, 15) is 9.59 Å². The number of benzene rings is 2. The number of carbonyl (C=O) groups is 2. The van der Waals surface area contributed by atoms with Crippen LogP contribution in [0.3, 0.4) is 0 Å². The number of anilines is 2. The molecule has 0 radical (unpaired) electrons. The minimum atomic E-state index is -0.458. The van der Waals surface area contributed by atoms with E-state index in [-0.39, 0.29) is 17.0 Å². The van der Waals surface area contributed by atoms with Crippen LogP contribution in [0.15, 0.2) is 66.9 Å². The van der Waals surface area contributed by atoms with Crippen LogP contribution in [0, 0.1) is 6.92 Å². The van der Waals surface area contributed by atoms with Gasteiger partial charge >= 0.3 is 6.03 Å². The van der Waals surface area contributed by atoms with Crippen molar-refractivity contribution in [1.82, 2.24) is 20.1 Å². The van der Waals surface area contributed by atoms with Gasteiger partial charge in [0.25, 0.3) is 5.91 Å². The third kappa shape index (κ3) is 6.53. The highest BCUT2D eigenvalue weighted by Crippen LogP contribution is 2.32. The van der Waals surface area contributed by atoms with E-state index < -0.39 is 6.03 Å². The van der Waals surface area contributed by atoms with E-state index >= 15 is 0 Å². The number of aromatic nitrogens is 3. The second kappa shape index (κ2) is 11.3. The van der Waals surface area contributed by atoms with Crippen LogP contribution in [-0.2, 0) is 5.41 Å². The summed E-state index contributed by atoms with van der Waals surface area (Å²) in [6.45, 7) is 8.21. The lowest BCUT2D eigenvalue weighted by Gasteiger charge is -2.14. The van der Waals surface area contributed by atoms with Gasteiger partial charge in [-0.1, -0.05) is 32.9 Å². The monoisotopic (exact) mass is 528 g/mol. The van der Waals surface area contributed by atoms with Crippen LogP contribution >= 0.6 is 0 Å². The lowest BCUT2D eigenvalue weighted by atomic mass is 9.92. The number of aryl methyl sites for hydroxylation is 1. The third-order valence-electron chi connectivity index (χ3n) is 5.81. The molecule has 0 unspecified atom stereocenters. The summed E-state index contributed by atoms with van der Waals surface area (Å²) in [6.07, 6.45) is 1.49. The van der Waals surface area contributed by atoms with Gasteiger partial charge in [-0.2, -0.15) is 5.10 Å². The number of nitrogens with zero attached hydrogens (tertiary/aromatic N) is 3. The minimum absolute atomic E-state index is 0.211. The molecule has 4 aromatic rings. The van der Waals surface area contributed by atoms with Gasteiger partial charge in [0.15, 0.2) is 0 Å². The minimum Gasteiger partial charge on any atom is -0.494 e. The lowest BCUT2D eigenvalue weighted by molar-refractivity contribution is 0.0957. The molecule has 2 aromatic heterocycles. The molecule has 0 aliphatic carbocycles. The van der Waals surface area contributed by atoms with Gasteiger partial charge in [0.2, 0.25) is 0 Å². The quantitative estimate of drug-likeness (QED) is 0.284. The van der Waals surface area contributed by atoms with Crippen molar-refractivity contribution < 1.29 is 19.1 Å². The van der Waals surface area contributed by atoms with Gasteiger partial charge in [0.05, 0.1) is 24.2 Å². The van der Waals surface area contributed by atoms with Gasteiger partial charge in [0, 0.05) is 36.9 Å². The Morgan fingerprint density at radius 3 is 2.41 bits per heavy atom. The van der Waals surface area contributed by atoms with E-state index in [1.54, 1.807) is 28.9 Å². The van der Waals surface area contributed by atoms with E-state index in [0.717, 1.165) is 16.9 Å². The van der Waals surface area contributed by atoms with Crippen molar-refractivity contribution >= 4 is 23.4 Å². The Balaban J connectivity index is 1.54. The molecule has 0 spiro atoms. The molecular weight excluding hydrogens is 496 g/mol. The molecule has 0 fully saturated rings. The Labute approximate surface area is 227 Å². The molecule has 3 amide bonds. The van der Waals surface area contributed by atoms with Crippen LogP contribution < -0.4 is 25.4 Å². The van der Waals surface area contributed by atoms with Crippen LogP contribution in [0.2, 0.25) is 0 Å². The molecule has 0 aliphatic rings.